The first kappa shape index (κ1) is 16.3. The van der Waals surface area contributed by atoms with Gasteiger partial charge in [-0.25, -0.2) is 0 Å². The first-order chi connectivity index (χ1) is 11.2. The van der Waals surface area contributed by atoms with Crippen LogP contribution in [0.2, 0.25) is 0 Å². The van der Waals surface area contributed by atoms with E-state index < -0.39 is 5.60 Å². The lowest BCUT2D eigenvalue weighted by Crippen LogP contribution is -2.59. The normalized spacial score (nSPS) is 47.0. The van der Waals surface area contributed by atoms with Gasteiger partial charge >= 0.3 is 0 Å². The third-order valence-electron chi connectivity index (χ3n) is 7.71. The van der Waals surface area contributed by atoms with Gasteiger partial charge in [-0.15, -0.1) is 0 Å². The van der Waals surface area contributed by atoms with Crippen LogP contribution in [-0.2, 0) is 4.79 Å². The molecule has 0 aromatic heterocycles. The van der Waals surface area contributed by atoms with Crippen LogP contribution in [0.5, 0.6) is 0 Å². The van der Waals surface area contributed by atoms with Crippen LogP contribution in [0.1, 0.15) is 59.3 Å². The molecule has 2 fully saturated rings. The number of allylic oxidation sites excluding steroid dienone is 4. The molecule has 130 valence electrons. The SMILES string of the molecule is CC(=O)C1=CC=C2C3=CCC4CC(O)CC[C@]4(C)[C@@]3(O)CC[C@]12C. The van der Waals surface area contributed by atoms with Gasteiger partial charge in [0.1, 0.15) is 0 Å². The lowest BCUT2D eigenvalue weighted by Gasteiger charge is -2.60. The molecule has 3 nitrogen and oxygen atoms in total. The highest BCUT2D eigenvalue weighted by atomic mass is 16.3. The molecule has 4 rings (SSSR count). The molecule has 0 aliphatic heterocycles. The van der Waals surface area contributed by atoms with Crippen LogP contribution in [0.15, 0.2) is 34.9 Å². The number of aliphatic hydroxyl groups is 2. The quantitative estimate of drug-likeness (QED) is 0.775. The van der Waals surface area contributed by atoms with Crippen molar-refractivity contribution in [3.8, 4) is 0 Å². The Morgan fingerprint density at radius 2 is 1.92 bits per heavy atom. The number of hydrogen-bond acceptors (Lipinski definition) is 3. The predicted molar refractivity (Wildman–Crippen MR) is 93.3 cm³/mol. The van der Waals surface area contributed by atoms with Crippen molar-refractivity contribution in [2.75, 3.05) is 0 Å². The van der Waals surface area contributed by atoms with E-state index in [2.05, 4.69) is 26.0 Å². The second kappa shape index (κ2) is 4.92. The highest BCUT2D eigenvalue weighted by Gasteiger charge is 2.61. The molecule has 24 heavy (non-hydrogen) atoms. The predicted octanol–water partition coefficient (Wildman–Crippen LogP) is 3.47. The molecule has 0 aromatic carbocycles. The van der Waals surface area contributed by atoms with Crippen molar-refractivity contribution in [3.63, 3.8) is 0 Å². The third-order valence-corrected chi connectivity index (χ3v) is 7.71. The molecule has 0 radical (unpaired) electrons. The molecule has 2 N–H and O–H groups in total. The van der Waals surface area contributed by atoms with E-state index in [1.165, 1.54) is 0 Å². The molecule has 0 saturated heterocycles. The van der Waals surface area contributed by atoms with Crippen molar-refractivity contribution in [1.29, 1.82) is 0 Å². The Hall–Kier alpha value is -1.19. The fraction of sp³-hybridized carbons (Fsp3) is 0.667. The molecule has 2 saturated carbocycles. The van der Waals surface area contributed by atoms with Gasteiger partial charge < -0.3 is 10.2 Å². The number of ketones is 1. The van der Waals surface area contributed by atoms with Crippen molar-refractivity contribution in [1.82, 2.24) is 0 Å². The van der Waals surface area contributed by atoms with Crippen molar-refractivity contribution in [2.45, 2.75) is 71.0 Å². The van der Waals surface area contributed by atoms with Crippen LogP contribution in [0.4, 0.5) is 0 Å². The molecule has 0 spiro atoms. The van der Waals surface area contributed by atoms with Gasteiger partial charge in [0, 0.05) is 16.4 Å². The summed E-state index contributed by atoms with van der Waals surface area (Å²) in [6.45, 7) is 6.01. The summed E-state index contributed by atoms with van der Waals surface area (Å²) < 4.78 is 0. The van der Waals surface area contributed by atoms with Crippen LogP contribution in [-0.4, -0.2) is 27.7 Å². The van der Waals surface area contributed by atoms with Gasteiger partial charge in [0.2, 0.25) is 0 Å². The molecule has 4 aliphatic carbocycles. The number of Topliss-reactive ketones (excluding diaryl/α,β-unsaturated/α-hetero) is 1. The first-order valence-electron chi connectivity index (χ1n) is 9.28. The summed E-state index contributed by atoms with van der Waals surface area (Å²) >= 11 is 0. The Balaban J connectivity index is 1.78. The van der Waals surface area contributed by atoms with Crippen LogP contribution < -0.4 is 0 Å². The van der Waals surface area contributed by atoms with Gasteiger partial charge in [-0.2, -0.15) is 0 Å². The number of hydrogen-bond donors (Lipinski definition) is 2. The van der Waals surface area contributed by atoms with Gasteiger partial charge in [0.05, 0.1) is 11.7 Å². The number of carbonyl (C=O) groups excluding carboxylic acids is 1. The van der Waals surface area contributed by atoms with E-state index in [0.29, 0.717) is 12.3 Å². The first-order valence-corrected chi connectivity index (χ1v) is 9.28. The van der Waals surface area contributed by atoms with E-state index in [1.807, 2.05) is 6.08 Å². The zero-order valence-electron chi connectivity index (χ0n) is 14.9. The fourth-order valence-electron chi connectivity index (χ4n) is 6.04. The Bertz CT molecular complexity index is 700. The lowest BCUT2D eigenvalue weighted by atomic mass is 9.47. The Morgan fingerprint density at radius 3 is 2.62 bits per heavy atom. The Morgan fingerprint density at radius 1 is 1.17 bits per heavy atom. The summed E-state index contributed by atoms with van der Waals surface area (Å²) in [5.41, 5.74) is 1.82. The third kappa shape index (κ3) is 1.83. The van der Waals surface area contributed by atoms with E-state index in [4.69, 9.17) is 0 Å². The highest BCUT2D eigenvalue weighted by molar-refractivity contribution is 5.97. The minimum atomic E-state index is -0.832. The van der Waals surface area contributed by atoms with E-state index in [-0.39, 0.29) is 22.7 Å². The minimum Gasteiger partial charge on any atom is -0.393 e. The number of fused-ring (bicyclic) bond motifs is 5. The zero-order valence-corrected chi connectivity index (χ0v) is 14.9. The van der Waals surface area contributed by atoms with Crippen LogP contribution >= 0.6 is 0 Å². The number of rotatable bonds is 1. The van der Waals surface area contributed by atoms with Gasteiger partial charge in [-0.1, -0.05) is 32.1 Å². The summed E-state index contributed by atoms with van der Waals surface area (Å²) in [4.78, 5) is 12.1. The van der Waals surface area contributed by atoms with E-state index in [0.717, 1.165) is 48.8 Å². The van der Waals surface area contributed by atoms with Crippen LogP contribution in [0.3, 0.4) is 0 Å². The van der Waals surface area contributed by atoms with Crippen LogP contribution in [0, 0.1) is 16.7 Å². The molecular weight excluding hydrogens is 300 g/mol. The van der Waals surface area contributed by atoms with Gasteiger partial charge in [-0.3, -0.25) is 4.79 Å². The minimum absolute atomic E-state index is 0.135. The van der Waals surface area contributed by atoms with Crippen molar-refractivity contribution in [2.24, 2.45) is 16.7 Å². The average Bonchev–Trinajstić information content (AvgIpc) is 2.87. The molecule has 0 heterocycles. The number of carbonyl (C=O) groups is 1. The van der Waals surface area contributed by atoms with Crippen molar-refractivity contribution < 1.29 is 15.0 Å². The van der Waals surface area contributed by atoms with E-state index >= 15 is 0 Å². The molecule has 0 amide bonds. The number of aliphatic hydroxyl groups excluding tert-OH is 1. The zero-order chi connectivity index (χ0) is 17.3. The molecular formula is C21H28O3. The molecule has 0 bridgehead atoms. The van der Waals surface area contributed by atoms with Gasteiger partial charge in [0.15, 0.2) is 5.78 Å². The maximum Gasteiger partial charge on any atom is 0.156 e. The second-order valence-corrected chi connectivity index (χ2v) is 8.81. The van der Waals surface area contributed by atoms with E-state index in [1.54, 1.807) is 6.92 Å². The highest BCUT2D eigenvalue weighted by Crippen LogP contribution is 2.65. The van der Waals surface area contributed by atoms with Gasteiger partial charge in [-0.05, 0) is 62.5 Å². The molecule has 3 heteroatoms. The Labute approximate surface area is 144 Å². The van der Waals surface area contributed by atoms with Crippen molar-refractivity contribution >= 4 is 5.78 Å². The Kier molecular flexibility index (Phi) is 3.34. The van der Waals surface area contributed by atoms with E-state index in [9.17, 15) is 15.0 Å². The monoisotopic (exact) mass is 328 g/mol. The van der Waals surface area contributed by atoms with Crippen LogP contribution in [0.25, 0.3) is 0 Å². The standard InChI is InChI=1S/C21H28O3/c1-13(22)16-6-7-17-18-5-4-14-12-15(23)8-9-20(14,3)21(18,24)11-10-19(16,17)2/h5-7,14-15,23-24H,4,8-12H2,1-3H3/t14?,15?,19-,20+,21-/m1/s1. The summed E-state index contributed by atoms with van der Waals surface area (Å²) in [7, 11) is 0. The summed E-state index contributed by atoms with van der Waals surface area (Å²) in [5.74, 6) is 0.470. The van der Waals surface area contributed by atoms with Gasteiger partial charge in [0.25, 0.3) is 0 Å². The topological polar surface area (TPSA) is 57.5 Å². The summed E-state index contributed by atoms with van der Waals surface area (Å²) in [6, 6.07) is 0. The molecule has 2 unspecified atom stereocenters. The summed E-state index contributed by atoms with van der Waals surface area (Å²) in [5, 5.41) is 21.9. The maximum atomic E-state index is 12.1. The fourth-order valence-corrected chi connectivity index (χ4v) is 6.04. The molecule has 5 atom stereocenters. The lowest BCUT2D eigenvalue weighted by molar-refractivity contribution is -0.135. The maximum absolute atomic E-state index is 12.1. The summed E-state index contributed by atoms with van der Waals surface area (Å²) in [6.07, 6.45) is 10.8. The smallest absolute Gasteiger partial charge is 0.156 e. The largest absolute Gasteiger partial charge is 0.393 e. The molecule has 0 aromatic rings. The van der Waals surface area contributed by atoms with Crippen molar-refractivity contribution in [3.05, 3.63) is 34.9 Å². The second-order valence-electron chi connectivity index (χ2n) is 8.81. The average molecular weight is 328 g/mol. The molecule has 4 aliphatic rings.